The summed E-state index contributed by atoms with van der Waals surface area (Å²) in [5.74, 6) is 0.358. The molecule has 28 heavy (non-hydrogen) atoms. The van der Waals surface area contributed by atoms with Crippen molar-refractivity contribution in [2.45, 2.75) is 32.4 Å². The molecule has 0 saturated carbocycles. The second kappa shape index (κ2) is 10.2. The van der Waals surface area contributed by atoms with Gasteiger partial charge in [-0.25, -0.2) is 9.78 Å². The number of anilines is 1. The van der Waals surface area contributed by atoms with E-state index in [1.54, 1.807) is 25.4 Å². The van der Waals surface area contributed by atoms with Gasteiger partial charge in [-0.15, -0.1) is 0 Å². The Labute approximate surface area is 170 Å². The fraction of sp³-hybridized carbons (Fsp3) is 0.381. The first kappa shape index (κ1) is 20.3. The van der Waals surface area contributed by atoms with Gasteiger partial charge in [-0.2, -0.15) is 0 Å². The first-order chi connectivity index (χ1) is 13.6. The van der Waals surface area contributed by atoms with E-state index in [2.05, 4.69) is 26.3 Å². The first-order valence-electron chi connectivity index (χ1n) is 9.52. The smallest absolute Gasteiger partial charge is 0.330 e. The second-order valence-corrected chi connectivity index (χ2v) is 7.20. The van der Waals surface area contributed by atoms with Gasteiger partial charge < -0.3 is 10.1 Å². The molecule has 0 aliphatic carbocycles. The molecular weight excluding hydrogens is 376 g/mol. The molecule has 1 fully saturated rings. The van der Waals surface area contributed by atoms with E-state index >= 15 is 0 Å². The van der Waals surface area contributed by atoms with Crippen LogP contribution in [0.5, 0.6) is 0 Å². The number of nitrogens with zero attached hydrogens (tertiary/aromatic N) is 3. The molecule has 0 amide bonds. The molecule has 7 heteroatoms. The topological polar surface area (TPSA) is 67.3 Å². The quantitative estimate of drug-likeness (QED) is 0.563. The van der Waals surface area contributed by atoms with Gasteiger partial charge in [0.2, 0.25) is 0 Å². The molecular formula is C21H25ClN4O2. The Morgan fingerprint density at radius 3 is 3.04 bits per heavy atom. The van der Waals surface area contributed by atoms with Crippen molar-refractivity contribution in [1.82, 2.24) is 14.9 Å². The van der Waals surface area contributed by atoms with E-state index in [4.69, 9.17) is 16.3 Å². The van der Waals surface area contributed by atoms with Crippen LogP contribution in [0.3, 0.4) is 0 Å². The maximum atomic E-state index is 11.3. The Balaban J connectivity index is 1.52. The Morgan fingerprint density at radius 1 is 1.39 bits per heavy atom. The zero-order valence-electron chi connectivity index (χ0n) is 16.0. The highest BCUT2D eigenvalue weighted by atomic mass is 35.5. The minimum atomic E-state index is -0.381. The van der Waals surface area contributed by atoms with E-state index in [-0.39, 0.29) is 5.97 Å². The maximum Gasteiger partial charge on any atom is 0.330 e. The number of hydrogen-bond acceptors (Lipinski definition) is 6. The summed E-state index contributed by atoms with van der Waals surface area (Å²) in [6.07, 6.45) is 8.52. The number of esters is 1. The van der Waals surface area contributed by atoms with Gasteiger partial charge in [-0.1, -0.05) is 23.7 Å². The average Bonchev–Trinajstić information content (AvgIpc) is 2.68. The van der Waals surface area contributed by atoms with Crippen LogP contribution in [0.25, 0.3) is 6.08 Å². The summed E-state index contributed by atoms with van der Waals surface area (Å²) >= 11 is 6.09. The predicted octanol–water partition coefficient (Wildman–Crippen LogP) is 3.78. The molecule has 1 aromatic carbocycles. The molecule has 2 aromatic rings. The van der Waals surface area contributed by atoms with E-state index in [0.717, 1.165) is 43.3 Å². The van der Waals surface area contributed by atoms with Gasteiger partial charge in [0, 0.05) is 30.2 Å². The Bertz CT molecular complexity index is 810. The third-order valence-electron chi connectivity index (χ3n) is 4.50. The van der Waals surface area contributed by atoms with Crippen LogP contribution in [0.15, 0.2) is 42.7 Å². The average molecular weight is 401 g/mol. The van der Waals surface area contributed by atoms with Crippen molar-refractivity contribution in [1.29, 1.82) is 0 Å². The molecule has 148 valence electrons. The highest BCUT2D eigenvalue weighted by Crippen LogP contribution is 2.18. The SMILES string of the molecule is CCOC(=O)/C=C/c1cnc(N[C@@H]2CCCN(Cc3cccc(Cl)c3)C2)cn1. The van der Waals surface area contributed by atoms with Crippen LogP contribution in [-0.2, 0) is 16.1 Å². The summed E-state index contributed by atoms with van der Waals surface area (Å²) in [7, 11) is 0. The number of aromatic nitrogens is 2. The van der Waals surface area contributed by atoms with Gasteiger partial charge in [0.1, 0.15) is 5.82 Å². The van der Waals surface area contributed by atoms with E-state index in [0.29, 0.717) is 18.3 Å². The number of carbonyl (C=O) groups excluding carboxylic acids is 1. The molecule has 0 unspecified atom stereocenters. The van der Waals surface area contributed by atoms with Crippen LogP contribution in [0.1, 0.15) is 31.0 Å². The highest BCUT2D eigenvalue weighted by Gasteiger charge is 2.20. The fourth-order valence-corrected chi connectivity index (χ4v) is 3.47. The lowest BCUT2D eigenvalue weighted by atomic mass is 10.0. The number of benzene rings is 1. The summed E-state index contributed by atoms with van der Waals surface area (Å²) in [4.78, 5) is 22.5. The van der Waals surface area contributed by atoms with Crippen molar-refractivity contribution in [3.05, 3.63) is 59.0 Å². The van der Waals surface area contributed by atoms with Crippen LogP contribution in [-0.4, -0.2) is 46.6 Å². The molecule has 0 bridgehead atoms. The molecule has 2 heterocycles. The lowest BCUT2D eigenvalue weighted by molar-refractivity contribution is -0.137. The zero-order valence-corrected chi connectivity index (χ0v) is 16.7. The number of ether oxygens (including phenoxy) is 1. The van der Waals surface area contributed by atoms with Gasteiger partial charge in [0.25, 0.3) is 0 Å². The van der Waals surface area contributed by atoms with Crippen LogP contribution >= 0.6 is 11.6 Å². The van der Waals surface area contributed by atoms with Crippen LogP contribution in [0.2, 0.25) is 5.02 Å². The van der Waals surface area contributed by atoms with Crippen molar-refractivity contribution in [3.63, 3.8) is 0 Å². The first-order valence-corrected chi connectivity index (χ1v) is 9.90. The normalized spacial score (nSPS) is 17.6. The van der Waals surface area contributed by atoms with Crippen molar-refractivity contribution in [3.8, 4) is 0 Å². The van der Waals surface area contributed by atoms with Gasteiger partial charge in [0.05, 0.1) is 24.7 Å². The maximum absolute atomic E-state index is 11.3. The highest BCUT2D eigenvalue weighted by molar-refractivity contribution is 6.30. The zero-order chi connectivity index (χ0) is 19.8. The minimum Gasteiger partial charge on any atom is -0.463 e. The molecule has 1 aliphatic rings. The Kier molecular flexibility index (Phi) is 7.39. The molecule has 1 saturated heterocycles. The molecule has 1 N–H and O–H groups in total. The van der Waals surface area contributed by atoms with Crippen molar-refractivity contribution in [2.24, 2.45) is 0 Å². The lowest BCUT2D eigenvalue weighted by Gasteiger charge is -2.33. The largest absolute Gasteiger partial charge is 0.463 e. The predicted molar refractivity (Wildman–Crippen MR) is 111 cm³/mol. The summed E-state index contributed by atoms with van der Waals surface area (Å²) < 4.78 is 4.85. The molecule has 1 aromatic heterocycles. The van der Waals surface area contributed by atoms with Gasteiger partial charge in [-0.3, -0.25) is 9.88 Å². The molecule has 1 atom stereocenters. The third-order valence-corrected chi connectivity index (χ3v) is 4.74. The lowest BCUT2D eigenvalue weighted by Crippen LogP contribution is -2.41. The van der Waals surface area contributed by atoms with E-state index in [1.807, 2.05) is 18.2 Å². The number of hydrogen-bond donors (Lipinski definition) is 1. The van der Waals surface area contributed by atoms with Crippen LogP contribution in [0, 0.1) is 0 Å². The van der Waals surface area contributed by atoms with Crippen LogP contribution < -0.4 is 5.32 Å². The van der Waals surface area contributed by atoms with Gasteiger partial charge in [0.15, 0.2) is 0 Å². The van der Waals surface area contributed by atoms with E-state index in [1.165, 1.54) is 11.6 Å². The van der Waals surface area contributed by atoms with Gasteiger partial charge >= 0.3 is 5.97 Å². The summed E-state index contributed by atoms with van der Waals surface area (Å²) in [5, 5.41) is 4.24. The monoisotopic (exact) mass is 400 g/mol. The number of nitrogens with one attached hydrogen (secondary N) is 1. The number of piperidine rings is 1. The Morgan fingerprint density at radius 2 is 2.29 bits per heavy atom. The van der Waals surface area contributed by atoms with E-state index < -0.39 is 0 Å². The fourth-order valence-electron chi connectivity index (χ4n) is 3.26. The number of likely N-dealkylation sites (tertiary alicyclic amines) is 1. The summed E-state index contributed by atoms with van der Waals surface area (Å²) in [5.41, 5.74) is 1.84. The minimum absolute atomic E-state index is 0.322. The van der Waals surface area contributed by atoms with Crippen molar-refractivity contribution < 1.29 is 9.53 Å². The molecule has 1 aliphatic heterocycles. The standard InChI is InChI=1S/C21H25ClN4O2/c1-2-28-21(27)9-8-18-12-24-20(13-23-18)25-19-7-4-10-26(15-19)14-16-5-3-6-17(22)11-16/h3,5-6,8-9,11-13,19H,2,4,7,10,14-15H2,1H3,(H,24,25)/b9-8+/t19-/m1/s1. The molecule has 0 radical (unpaired) electrons. The van der Waals surface area contributed by atoms with Crippen LogP contribution in [0.4, 0.5) is 5.82 Å². The summed E-state index contributed by atoms with van der Waals surface area (Å²) in [6, 6.07) is 8.34. The molecule has 6 nitrogen and oxygen atoms in total. The summed E-state index contributed by atoms with van der Waals surface area (Å²) in [6.45, 7) is 5.04. The van der Waals surface area contributed by atoms with Crippen molar-refractivity contribution >= 4 is 29.5 Å². The molecule has 0 spiro atoms. The number of halogens is 1. The number of rotatable bonds is 7. The third kappa shape index (κ3) is 6.32. The second-order valence-electron chi connectivity index (χ2n) is 6.76. The Hall–Kier alpha value is -2.44. The van der Waals surface area contributed by atoms with Gasteiger partial charge in [-0.05, 0) is 50.1 Å². The molecule has 3 rings (SSSR count). The van der Waals surface area contributed by atoms with Crippen molar-refractivity contribution in [2.75, 3.05) is 25.0 Å². The number of carbonyl (C=O) groups is 1. The van der Waals surface area contributed by atoms with E-state index in [9.17, 15) is 4.79 Å².